The van der Waals surface area contributed by atoms with Crippen molar-refractivity contribution in [2.45, 2.75) is 39.7 Å². The largest absolute Gasteiger partial charge is 0.454 e. The molecule has 2 rings (SSSR count). The summed E-state index contributed by atoms with van der Waals surface area (Å²) in [5, 5.41) is 2.85. The van der Waals surface area contributed by atoms with E-state index in [1.807, 2.05) is 18.2 Å². The zero-order chi connectivity index (χ0) is 16.7. The highest BCUT2D eigenvalue weighted by Gasteiger charge is 2.17. The Balaban J connectivity index is 1.88. The zero-order valence-electron chi connectivity index (χ0n) is 13.8. The SMILES string of the molecule is CCCCCNC(=O)CN(Cc1ccc2c(c1)OCO2)C(C)=O. The Morgan fingerprint density at radius 1 is 1.22 bits per heavy atom. The Morgan fingerprint density at radius 2 is 2.00 bits per heavy atom. The third-order valence-corrected chi connectivity index (χ3v) is 3.69. The van der Waals surface area contributed by atoms with Gasteiger partial charge in [0.05, 0.1) is 6.54 Å². The van der Waals surface area contributed by atoms with E-state index < -0.39 is 0 Å². The van der Waals surface area contributed by atoms with Crippen molar-refractivity contribution >= 4 is 11.8 Å². The van der Waals surface area contributed by atoms with E-state index in [2.05, 4.69) is 12.2 Å². The molecule has 0 atom stereocenters. The maximum atomic E-state index is 11.9. The maximum Gasteiger partial charge on any atom is 0.239 e. The Bertz CT molecular complexity index is 560. The molecule has 0 fully saturated rings. The van der Waals surface area contributed by atoms with E-state index in [-0.39, 0.29) is 25.2 Å². The van der Waals surface area contributed by atoms with Crippen molar-refractivity contribution in [3.05, 3.63) is 23.8 Å². The van der Waals surface area contributed by atoms with Gasteiger partial charge in [-0.05, 0) is 24.1 Å². The van der Waals surface area contributed by atoms with Crippen LogP contribution in [-0.4, -0.2) is 36.6 Å². The number of fused-ring (bicyclic) bond motifs is 1. The summed E-state index contributed by atoms with van der Waals surface area (Å²) in [5.74, 6) is 1.12. The maximum absolute atomic E-state index is 11.9. The molecule has 1 heterocycles. The first-order valence-corrected chi connectivity index (χ1v) is 8.01. The van der Waals surface area contributed by atoms with Gasteiger partial charge in [0, 0.05) is 20.0 Å². The minimum Gasteiger partial charge on any atom is -0.454 e. The van der Waals surface area contributed by atoms with E-state index in [4.69, 9.17) is 9.47 Å². The molecule has 2 amide bonds. The molecular formula is C17H24N2O4. The highest BCUT2D eigenvalue weighted by molar-refractivity contribution is 5.83. The molecule has 0 bridgehead atoms. The van der Waals surface area contributed by atoms with Gasteiger partial charge in [-0.1, -0.05) is 25.8 Å². The first kappa shape index (κ1) is 17.1. The lowest BCUT2D eigenvalue weighted by molar-refractivity contribution is -0.134. The van der Waals surface area contributed by atoms with Gasteiger partial charge in [0.25, 0.3) is 0 Å². The molecule has 0 aliphatic carbocycles. The zero-order valence-corrected chi connectivity index (χ0v) is 13.8. The van der Waals surface area contributed by atoms with Crippen molar-refractivity contribution in [1.82, 2.24) is 10.2 Å². The van der Waals surface area contributed by atoms with Crippen molar-refractivity contribution in [2.75, 3.05) is 19.9 Å². The van der Waals surface area contributed by atoms with E-state index >= 15 is 0 Å². The van der Waals surface area contributed by atoms with Gasteiger partial charge in [0.2, 0.25) is 18.6 Å². The van der Waals surface area contributed by atoms with Gasteiger partial charge in [-0.25, -0.2) is 0 Å². The molecule has 6 nitrogen and oxygen atoms in total. The molecule has 0 unspecified atom stereocenters. The molecule has 1 aromatic carbocycles. The number of benzene rings is 1. The third kappa shape index (κ3) is 5.16. The van der Waals surface area contributed by atoms with Crippen molar-refractivity contribution < 1.29 is 19.1 Å². The average Bonchev–Trinajstić information content (AvgIpc) is 2.98. The molecule has 23 heavy (non-hydrogen) atoms. The fraction of sp³-hybridized carbons (Fsp3) is 0.529. The molecule has 0 saturated carbocycles. The van der Waals surface area contributed by atoms with Crippen LogP contribution in [-0.2, 0) is 16.1 Å². The van der Waals surface area contributed by atoms with E-state index in [0.717, 1.165) is 24.8 Å². The summed E-state index contributed by atoms with van der Waals surface area (Å²) in [6, 6.07) is 5.54. The van der Waals surface area contributed by atoms with Gasteiger partial charge in [-0.15, -0.1) is 0 Å². The highest BCUT2D eigenvalue weighted by Crippen LogP contribution is 2.32. The van der Waals surface area contributed by atoms with Crippen molar-refractivity contribution in [1.29, 1.82) is 0 Å². The number of carbonyl (C=O) groups is 2. The number of carbonyl (C=O) groups excluding carboxylic acids is 2. The smallest absolute Gasteiger partial charge is 0.239 e. The molecule has 1 N–H and O–H groups in total. The van der Waals surface area contributed by atoms with Crippen LogP contribution < -0.4 is 14.8 Å². The summed E-state index contributed by atoms with van der Waals surface area (Å²) in [4.78, 5) is 25.3. The molecule has 6 heteroatoms. The molecule has 126 valence electrons. The van der Waals surface area contributed by atoms with Crippen LogP contribution in [0.25, 0.3) is 0 Å². The summed E-state index contributed by atoms with van der Waals surface area (Å²) in [6.07, 6.45) is 3.16. The lowest BCUT2D eigenvalue weighted by Crippen LogP contribution is -2.39. The predicted molar refractivity (Wildman–Crippen MR) is 86.2 cm³/mol. The molecular weight excluding hydrogens is 296 g/mol. The van der Waals surface area contributed by atoms with Crippen molar-refractivity contribution in [3.8, 4) is 11.5 Å². The first-order valence-electron chi connectivity index (χ1n) is 8.01. The van der Waals surface area contributed by atoms with E-state index in [0.29, 0.717) is 24.6 Å². The van der Waals surface area contributed by atoms with Gasteiger partial charge in [0.15, 0.2) is 11.5 Å². The number of nitrogens with one attached hydrogen (secondary N) is 1. The quantitative estimate of drug-likeness (QED) is 0.745. The van der Waals surface area contributed by atoms with E-state index in [9.17, 15) is 9.59 Å². The third-order valence-electron chi connectivity index (χ3n) is 3.69. The number of unbranched alkanes of at least 4 members (excludes halogenated alkanes) is 2. The van der Waals surface area contributed by atoms with E-state index in [1.165, 1.54) is 11.8 Å². The molecule has 1 aromatic rings. The molecule has 1 aliphatic rings. The number of rotatable bonds is 8. The van der Waals surface area contributed by atoms with Gasteiger partial charge in [0.1, 0.15) is 0 Å². The van der Waals surface area contributed by atoms with Crippen LogP contribution in [0, 0.1) is 0 Å². The lowest BCUT2D eigenvalue weighted by atomic mass is 10.2. The number of ether oxygens (including phenoxy) is 2. The Morgan fingerprint density at radius 3 is 2.74 bits per heavy atom. The van der Waals surface area contributed by atoms with Crippen LogP contribution in [0.1, 0.15) is 38.7 Å². The number of hydrogen-bond acceptors (Lipinski definition) is 4. The average molecular weight is 320 g/mol. The second-order valence-electron chi connectivity index (χ2n) is 5.62. The van der Waals surface area contributed by atoms with Gasteiger partial charge in [-0.2, -0.15) is 0 Å². The topological polar surface area (TPSA) is 67.9 Å². The predicted octanol–water partition coefficient (Wildman–Crippen LogP) is 2.07. The highest BCUT2D eigenvalue weighted by atomic mass is 16.7. The van der Waals surface area contributed by atoms with Crippen LogP contribution in [0.2, 0.25) is 0 Å². The van der Waals surface area contributed by atoms with Gasteiger partial charge < -0.3 is 19.7 Å². The summed E-state index contributed by atoms with van der Waals surface area (Å²) in [5.41, 5.74) is 0.906. The second-order valence-corrected chi connectivity index (χ2v) is 5.62. The van der Waals surface area contributed by atoms with E-state index in [1.54, 1.807) is 0 Å². The summed E-state index contributed by atoms with van der Waals surface area (Å²) >= 11 is 0. The Kier molecular flexibility index (Phi) is 6.26. The fourth-order valence-electron chi connectivity index (χ4n) is 2.37. The molecule has 0 spiro atoms. The first-order chi connectivity index (χ1) is 11.1. The molecule has 0 saturated heterocycles. The molecule has 0 aromatic heterocycles. The lowest BCUT2D eigenvalue weighted by Gasteiger charge is -2.20. The van der Waals surface area contributed by atoms with Crippen molar-refractivity contribution in [3.63, 3.8) is 0 Å². The minimum atomic E-state index is -0.133. The van der Waals surface area contributed by atoms with Crippen LogP contribution in [0.4, 0.5) is 0 Å². The van der Waals surface area contributed by atoms with Crippen LogP contribution >= 0.6 is 0 Å². The summed E-state index contributed by atoms with van der Waals surface area (Å²) in [6.45, 7) is 4.89. The Labute approximate surface area is 136 Å². The standard InChI is InChI=1S/C17H24N2O4/c1-3-4-5-8-18-17(21)11-19(13(2)20)10-14-6-7-15-16(9-14)23-12-22-15/h6-7,9H,3-5,8,10-12H2,1-2H3,(H,18,21). The monoisotopic (exact) mass is 320 g/mol. The van der Waals surface area contributed by atoms with Crippen LogP contribution in [0.15, 0.2) is 18.2 Å². The Hall–Kier alpha value is -2.24. The van der Waals surface area contributed by atoms with Crippen LogP contribution in [0.5, 0.6) is 11.5 Å². The minimum absolute atomic E-state index is 0.0654. The van der Waals surface area contributed by atoms with Gasteiger partial charge >= 0.3 is 0 Å². The normalized spacial score (nSPS) is 12.1. The fourth-order valence-corrected chi connectivity index (χ4v) is 2.37. The number of hydrogen-bond donors (Lipinski definition) is 1. The second kappa shape index (κ2) is 8.41. The summed E-state index contributed by atoms with van der Waals surface area (Å²) in [7, 11) is 0. The summed E-state index contributed by atoms with van der Waals surface area (Å²) < 4.78 is 10.6. The van der Waals surface area contributed by atoms with Crippen LogP contribution in [0.3, 0.4) is 0 Å². The number of nitrogens with zero attached hydrogens (tertiary/aromatic N) is 1. The number of amides is 2. The molecule has 1 aliphatic heterocycles. The molecule has 0 radical (unpaired) electrons. The van der Waals surface area contributed by atoms with Gasteiger partial charge in [-0.3, -0.25) is 9.59 Å². The van der Waals surface area contributed by atoms with Crippen molar-refractivity contribution in [2.24, 2.45) is 0 Å².